The van der Waals surface area contributed by atoms with Crippen LogP contribution in [0, 0.1) is 9.49 Å². The predicted molar refractivity (Wildman–Crippen MR) is 93.7 cm³/mol. The van der Waals surface area contributed by atoms with Crippen LogP contribution in [0.3, 0.4) is 0 Å². The molecule has 0 amide bonds. The van der Waals surface area contributed by atoms with Crippen LogP contribution in [0.15, 0.2) is 24.3 Å². The molecule has 0 radical (unpaired) electrons. The van der Waals surface area contributed by atoms with Gasteiger partial charge in [-0.1, -0.05) is 12.1 Å². The van der Waals surface area contributed by atoms with Crippen LogP contribution < -0.4 is 0 Å². The summed E-state index contributed by atoms with van der Waals surface area (Å²) in [4.78, 5) is 23.0. The largest absolute Gasteiger partial charge is 0.481 e. The average Bonchev–Trinajstić information content (AvgIpc) is 2.38. The highest BCUT2D eigenvalue weighted by Gasteiger charge is 2.21. The summed E-state index contributed by atoms with van der Waals surface area (Å²) in [6.07, 6.45) is 1.68. The van der Waals surface area contributed by atoms with E-state index in [2.05, 4.69) is 22.6 Å². The van der Waals surface area contributed by atoms with Crippen LogP contribution in [-0.2, 0) is 20.7 Å². The Morgan fingerprint density at radius 1 is 1.18 bits per heavy atom. The van der Waals surface area contributed by atoms with Gasteiger partial charge in [0.1, 0.15) is 5.60 Å². The van der Waals surface area contributed by atoms with Crippen LogP contribution in [0.2, 0.25) is 0 Å². The lowest BCUT2D eigenvalue weighted by Gasteiger charge is -2.20. The zero-order chi connectivity index (χ0) is 16.8. The number of halogens is 1. The monoisotopic (exact) mass is 418 g/mol. The number of carboxylic acids is 1. The van der Waals surface area contributed by atoms with E-state index in [-0.39, 0.29) is 12.4 Å². The number of aryl methyl sites for hydroxylation is 1. The van der Waals surface area contributed by atoms with Gasteiger partial charge in [0.25, 0.3) is 0 Å². The molecule has 1 aromatic rings. The molecule has 0 bridgehead atoms. The first-order valence-electron chi connectivity index (χ1n) is 7.36. The third kappa shape index (κ3) is 7.77. The van der Waals surface area contributed by atoms with Crippen molar-refractivity contribution >= 4 is 34.5 Å². The molecule has 122 valence electrons. The minimum Gasteiger partial charge on any atom is -0.481 e. The Labute approximate surface area is 145 Å². The van der Waals surface area contributed by atoms with E-state index < -0.39 is 17.5 Å². The van der Waals surface area contributed by atoms with Gasteiger partial charge in [-0.3, -0.25) is 9.59 Å². The van der Waals surface area contributed by atoms with Gasteiger partial charge >= 0.3 is 11.9 Å². The van der Waals surface area contributed by atoms with Crippen LogP contribution >= 0.6 is 22.6 Å². The third-order valence-corrected chi connectivity index (χ3v) is 3.88. The van der Waals surface area contributed by atoms with Crippen LogP contribution in [0.5, 0.6) is 0 Å². The van der Waals surface area contributed by atoms with Gasteiger partial charge in [-0.05, 0) is 80.3 Å². The van der Waals surface area contributed by atoms with Gasteiger partial charge in [0, 0.05) is 9.99 Å². The number of hydrogen-bond acceptors (Lipinski definition) is 3. The van der Waals surface area contributed by atoms with Crippen LogP contribution in [0.4, 0.5) is 0 Å². The molecule has 0 spiro atoms. The normalized spacial score (nSPS) is 12.7. The Morgan fingerprint density at radius 2 is 1.77 bits per heavy atom. The second-order valence-corrected chi connectivity index (χ2v) is 7.57. The summed E-state index contributed by atoms with van der Waals surface area (Å²) >= 11 is 2.23. The maximum Gasteiger partial charge on any atom is 0.306 e. The molecule has 22 heavy (non-hydrogen) atoms. The predicted octanol–water partition coefficient (Wildman–Crippen LogP) is 4.05. The molecule has 0 aliphatic heterocycles. The molecule has 1 atom stereocenters. The highest BCUT2D eigenvalue weighted by Crippen LogP contribution is 2.18. The highest BCUT2D eigenvalue weighted by molar-refractivity contribution is 14.1. The van der Waals surface area contributed by atoms with Crippen molar-refractivity contribution in [3.8, 4) is 0 Å². The Balaban J connectivity index is 2.47. The fourth-order valence-electron chi connectivity index (χ4n) is 2.07. The summed E-state index contributed by atoms with van der Waals surface area (Å²) in [6, 6.07) is 8.03. The number of rotatable bonds is 7. The number of carbonyl (C=O) groups is 2. The van der Waals surface area contributed by atoms with E-state index >= 15 is 0 Å². The smallest absolute Gasteiger partial charge is 0.306 e. The SMILES string of the molecule is CC(C)(C)OC(=O)CC[C@H](CCc1ccc(I)cc1)C(=O)O. The molecule has 0 aromatic heterocycles. The van der Waals surface area contributed by atoms with Gasteiger partial charge in [-0.25, -0.2) is 0 Å². The zero-order valence-corrected chi connectivity index (χ0v) is 15.4. The Kier molecular flexibility index (Phi) is 7.32. The number of hydrogen-bond donors (Lipinski definition) is 1. The Hall–Kier alpha value is -1.11. The summed E-state index contributed by atoms with van der Waals surface area (Å²) in [7, 11) is 0. The number of aliphatic carboxylic acids is 1. The van der Waals surface area contributed by atoms with Gasteiger partial charge < -0.3 is 9.84 Å². The molecular weight excluding hydrogens is 395 g/mol. The molecule has 0 aliphatic rings. The van der Waals surface area contributed by atoms with Crippen molar-refractivity contribution in [2.45, 2.75) is 52.1 Å². The zero-order valence-electron chi connectivity index (χ0n) is 13.3. The number of ether oxygens (including phenoxy) is 1. The highest BCUT2D eigenvalue weighted by atomic mass is 127. The molecule has 0 saturated carbocycles. The molecule has 0 unspecified atom stereocenters. The molecule has 0 fully saturated rings. The lowest BCUT2D eigenvalue weighted by atomic mass is 9.95. The van der Waals surface area contributed by atoms with Crippen LogP contribution in [0.25, 0.3) is 0 Å². The molecular formula is C17H23IO4. The molecule has 5 heteroatoms. The van der Waals surface area contributed by atoms with E-state index in [9.17, 15) is 14.7 Å². The summed E-state index contributed by atoms with van der Waals surface area (Å²) in [5, 5.41) is 9.29. The van der Waals surface area contributed by atoms with Gasteiger partial charge in [0.05, 0.1) is 5.92 Å². The molecule has 0 saturated heterocycles. The quantitative estimate of drug-likeness (QED) is 0.536. The van der Waals surface area contributed by atoms with Crippen LogP contribution in [-0.4, -0.2) is 22.6 Å². The molecule has 1 rings (SSSR count). The van der Waals surface area contributed by atoms with Gasteiger partial charge in [-0.2, -0.15) is 0 Å². The van der Waals surface area contributed by atoms with Gasteiger partial charge in [0.15, 0.2) is 0 Å². The number of carboxylic acid groups (broad SMARTS) is 1. The first kappa shape index (κ1) is 18.9. The van der Waals surface area contributed by atoms with Crippen molar-refractivity contribution < 1.29 is 19.4 Å². The Bertz CT molecular complexity index is 502. The van der Waals surface area contributed by atoms with E-state index in [4.69, 9.17) is 4.74 Å². The third-order valence-electron chi connectivity index (χ3n) is 3.16. The maximum absolute atomic E-state index is 11.7. The second kappa shape index (κ2) is 8.50. The van der Waals surface area contributed by atoms with E-state index in [0.29, 0.717) is 19.3 Å². The van der Waals surface area contributed by atoms with Crippen molar-refractivity contribution in [1.29, 1.82) is 0 Å². The minimum absolute atomic E-state index is 0.140. The van der Waals surface area contributed by atoms with Crippen LogP contribution in [0.1, 0.15) is 45.6 Å². The summed E-state index contributed by atoms with van der Waals surface area (Å²) in [5.74, 6) is -1.71. The summed E-state index contributed by atoms with van der Waals surface area (Å²) in [6.45, 7) is 5.41. The van der Waals surface area contributed by atoms with E-state index in [0.717, 1.165) is 9.13 Å². The standard InChI is InChI=1S/C17H23IO4/c1-17(2,3)22-15(19)11-8-13(16(20)21)7-4-12-5-9-14(18)10-6-12/h5-6,9-10,13H,4,7-8,11H2,1-3H3,(H,20,21)/t13-/m0/s1. The first-order chi connectivity index (χ1) is 10.2. The lowest BCUT2D eigenvalue weighted by Crippen LogP contribution is -2.25. The van der Waals surface area contributed by atoms with E-state index in [1.165, 1.54) is 0 Å². The first-order valence-corrected chi connectivity index (χ1v) is 8.44. The topological polar surface area (TPSA) is 63.6 Å². The molecule has 4 nitrogen and oxygen atoms in total. The van der Waals surface area contributed by atoms with E-state index in [1.54, 1.807) is 20.8 Å². The summed E-state index contributed by atoms with van der Waals surface area (Å²) in [5.41, 5.74) is 0.584. The molecule has 0 heterocycles. The maximum atomic E-state index is 11.7. The number of carbonyl (C=O) groups excluding carboxylic acids is 1. The van der Waals surface area contributed by atoms with E-state index in [1.807, 2.05) is 24.3 Å². The van der Waals surface area contributed by atoms with Crippen molar-refractivity contribution in [2.24, 2.45) is 5.92 Å². The lowest BCUT2D eigenvalue weighted by molar-refractivity contribution is -0.155. The van der Waals surface area contributed by atoms with Crippen molar-refractivity contribution in [3.05, 3.63) is 33.4 Å². The second-order valence-electron chi connectivity index (χ2n) is 6.33. The van der Waals surface area contributed by atoms with Crippen molar-refractivity contribution in [2.75, 3.05) is 0 Å². The minimum atomic E-state index is -0.853. The van der Waals surface area contributed by atoms with Gasteiger partial charge in [0.2, 0.25) is 0 Å². The fourth-order valence-corrected chi connectivity index (χ4v) is 2.43. The summed E-state index contributed by atoms with van der Waals surface area (Å²) < 4.78 is 6.36. The van der Waals surface area contributed by atoms with Gasteiger partial charge in [-0.15, -0.1) is 0 Å². The van der Waals surface area contributed by atoms with Crippen molar-refractivity contribution in [1.82, 2.24) is 0 Å². The molecule has 1 N–H and O–H groups in total. The molecule has 0 aliphatic carbocycles. The number of benzene rings is 1. The average molecular weight is 418 g/mol. The van der Waals surface area contributed by atoms with Crippen molar-refractivity contribution in [3.63, 3.8) is 0 Å². The molecule has 1 aromatic carbocycles. The Morgan fingerprint density at radius 3 is 2.27 bits per heavy atom. The number of esters is 1. The fraction of sp³-hybridized carbons (Fsp3) is 0.529.